The number of ether oxygens (including phenoxy) is 1. The Bertz CT molecular complexity index is 475. The summed E-state index contributed by atoms with van der Waals surface area (Å²) in [7, 11) is 1.69. The summed E-state index contributed by atoms with van der Waals surface area (Å²) in [6.45, 7) is 4.94. The fourth-order valence-electron chi connectivity index (χ4n) is 1.69. The van der Waals surface area contributed by atoms with Crippen LogP contribution in [0.2, 0.25) is 0 Å². The Hall–Kier alpha value is -2.08. The van der Waals surface area contributed by atoms with Gasteiger partial charge >= 0.3 is 5.97 Å². The van der Waals surface area contributed by atoms with Crippen LogP contribution in [0, 0.1) is 0 Å². The van der Waals surface area contributed by atoms with Gasteiger partial charge in [-0.25, -0.2) is 4.79 Å². The lowest BCUT2D eigenvalue weighted by atomic mass is 10.1. The molecule has 0 spiro atoms. The summed E-state index contributed by atoms with van der Waals surface area (Å²) in [5, 5.41) is 8.67. The van der Waals surface area contributed by atoms with Crippen LogP contribution in [0.1, 0.15) is 24.2 Å². The number of hydrogen-bond donors (Lipinski definition) is 3. The Labute approximate surface area is 118 Å². The molecule has 0 radical (unpaired) electrons. The van der Waals surface area contributed by atoms with E-state index in [2.05, 4.69) is 16.0 Å². The zero-order chi connectivity index (χ0) is 15.0. The van der Waals surface area contributed by atoms with Crippen LogP contribution < -0.4 is 16.0 Å². The molecule has 6 nitrogen and oxygen atoms in total. The van der Waals surface area contributed by atoms with E-state index in [9.17, 15) is 9.59 Å². The van der Waals surface area contributed by atoms with Crippen molar-refractivity contribution in [2.24, 2.45) is 0 Å². The largest absolute Gasteiger partial charge is 0.462 e. The second-order valence-electron chi connectivity index (χ2n) is 4.09. The maximum atomic E-state index is 11.7. The lowest BCUT2D eigenvalue weighted by Gasteiger charge is -2.13. The van der Waals surface area contributed by atoms with Crippen molar-refractivity contribution in [3.8, 4) is 0 Å². The Kier molecular flexibility index (Phi) is 6.52. The van der Waals surface area contributed by atoms with Gasteiger partial charge in [-0.1, -0.05) is 0 Å². The number of amides is 1. The number of esters is 1. The van der Waals surface area contributed by atoms with Crippen molar-refractivity contribution >= 4 is 23.3 Å². The molecule has 0 heterocycles. The van der Waals surface area contributed by atoms with Crippen molar-refractivity contribution in [1.29, 1.82) is 0 Å². The molecule has 1 aromatic carbocycles. The van der Waals surface area contributed by atoms with Crippen LogP contribution in [-0.2, 0) is 9.53 Å². The quantitative estimate of drug-likeness (QED) is 0.658. The van der Waals surface area contributed by atoms with Gasteiger partial charge in [0.2, 0.25) is 5.91 Å². The van der Waals surface area contributed by atoms with Crippen molar-refractivity contribution in [1.82, 2.24) is 5.32 Å². The predicted octanol–water partition coefficient (Wildman–Crippen LogP) is 1.45. The normalized spacial score (nSPS) is 9.95. The number of hydrogen-bond acceptors (Lipinski definition) is 5. The molecule has 6 heteroatoms. The molecule has 1 amide bonds. The van der Waals surface area contributed by atoms with Crippen LogP contribution in [0.3, 0.4) is 0 Å². The number of rotatable bonds is 7. The molecule has 0 aliphatic heterocycles. The van der Waals surface area contributed by atoms with Gasteiger partial charge in [0.25, 0.3) is 0 Å². The third-order valence-corrected chi connectivity index (χ3v) is 2.51. The van der Waals surface area contributed by atoms with Gasteiger partial charge in [-0.15, -0.1) is 0 Å². The van der Waals surface area contributed by atoms with Gasteiger partial charge in [0, 0.05) is 6.54 Å². The minimum absolute atomic E-state index is 0.173. The third-order valence-electron chi connectivity index (χ3n) is 2.51. The average Bonchev–Trinajstić information content (AvgIpc) is 2.41. The van der Waals surface area contributed by atoms with Crippen molar-refractivity contribution in [3.63, 3.8) is 0 Å². The van der Waals surface area contributed by atoms with Crippen LogP contribution in [0.25, 0.3) is 0 Å². The molecule has 0 unspecified atom stereocenters. The molecule has 1 rings (SSSR count). The van der Waals surface area contributed by atoms with Crippen molar-refractivity contribution in [2.75, 3.05) is 37.4 Å². The minimum atomic E-state index is -0.403. The summed E-state index contributed by atoms with van der Waals surface area (Å²) >= 11 is 0. The van der Waals surface area contributed by atoms with Crippen LogP contribution in [0.5, 0.6) is 0 Å². The molecule has 0 aliphatic rings. The third kappa shape index (κ3) is 4.55. The van der Waals surface area contributed by atoms with Crippen LogP contribution >= 0.6 is 0 Å². The maximum Gasteiger partial charge on any atom is 0.338 e. The summed E-state index contributed by atoms with van der Waals surface area (Å²) in [4.78, 5) is 23.4. The van der Waals surface area contributed by atoms with Crippen LogP contribution in [0.15, 0.2) is 18.2 Å². The van der Waals surface area contributed by atoms with Gasteiger partial charge in [-0.05, 0) is 39.1 Å². The van der Waals surface area contributed by atoms with E-state index in [-0.39, 0.29) is 12.5 Å². The second kappa shape index (κ2) is 8.16. The summed E-state index contributed by atoms with van der Waals surface area (Å²) in [5.74, 6) is -0.577. The zero-order valence-corrected chi connectivity index (χ0v) is 12.1. The molecule has 0 bridgehead atoms. The summed E-state index contributed by atoms with van der Waals surface area (Å²) < 4.78 is 4.95. The molecule has 3 N–H and O–H groups in total. The Morgan fingerprint density at radius 3 is 2.55 bits per heavy atom. The van der Waals surface area contributed by atoms with E-state index in [1.807, 2.05) is 6.92 Å². The SMILES string of the molecule is CCNc1ccc(C(=O)OCC)cc1NC(=O)CNC. The number of benzene rings is 1. The van der Waals surface area contributed by atoms with E-state index >= 15 is 0 Å². The molecular weight excluding hydrogens is 258 g/mol. The average molecular weight is 279 g/mol. The van der Waals surface area contributed by atoms with Gasteiger partial charge in [-0.2, -0.15) is 0 Å². The molecule has 0 atom stereocenters. The molecule has 0 aliphatic carbocycles. The maximum absolute atomic E-state index is 11.7. The number of anilines is 2. The highest BCUT2D eigenvalue weighted by molar-refractivity contribution is 5.98. The van der Waals surface area contributed by atoms with Gasteiger partial charge in [0.1, 0.15) is 0 Å². The lowest BCUT2D eigenvalue weighted by molar-refractivity contribution is -0.115. The van der Waals surface area contributed by atoms with Crippen molar-refractivity contribution < 1.29 is 14.3 Å². The highest BCUT2D eigenvalue weighted by Crippen LogP contribution is 2.23. The number of carbonyl (C=O) groups excluding carboxylic acids is 2. The van der Waals surface area contributed by atoms with Crippen LogP contribution in [-0.4, -0.2) is 38.6 Å². The zero-order valence-electron chi connectivity index (χ0n) is 12.1. The topological polar surface area (TPSA) is 79.5 Å². The first-order valence-electron chi connectivity index (χ1n) is 6.61. The molecule has 20 heavy (non-hydrogen) atoms. The highest BCUT2D eigenvalue weighted by Gasteiger charge is 2.12. The van der Waals surface area contributed by atoms with Crippen molar-refractivity contribution in [3.05, 3.63) is 23.8 Å². The highest BCUT2D eigenvalue weighted by atomic mass is 16.5. The van der Waals surface area contributed by atoms with E-state index < -0.39 is 5.97 Å². The molecule has 0 fully saturated rings. The Morgan fingerprint density at radius 1 is 1.20 bits per heavy atom. The first-order chi connectivity index (χ1) is 9.62. The monoisotopic (exact) mass is 279 g/mol. The smallest absolute Gasteiger partial charge is 0.338 e. The Balaban J connectivity index is 2.98. The number of carbonyl (C=O) groups is 2. The predicted molar refractivity (Wildman–Crippen MR) is 79.1 cm³/mol. The molecule has 0 saturated heterocycles. The van der Waals surface area contributed by atoms with E-state index in [1.165, 1.54) is 0 Å². The molecular formula is C14H21N3O3. The molecule has 110 valence electrons. The van der Waals surface area contributed by atoms with Gasteiger partial charge < -0.3 is 20.7 Å². The Morgan fingerprint density at radius 2 is 1.95 bits per heavy atom. The van der Waals surface area contributed by atoms with Crippen LogP contribution in [0.4, 0.5) is 11.4 Å². The molecule has 0 saturated carbocycles. The standard InChI is InChI=1S/C14H21N3O3/c1-4-16-11-7-6-10(14(19)20-5-2)8-12(11)17-13(18)9-15-3/h6-8,15-16H,4-5,9H2,1-3H3,(H,17,18). The van der Waals surface area contributed by atoms with Gasteiger partial charge in [-0.3, -0.25) is 4.79 Å². The fourth-order valence-corrected chi connectivity index (χ4v) is 1.69. The first-order valence-corrected chi connectivity index (χ1v) is 6.61. The van der Waals surface area contributed by atoms with Crippen molar-refractivity contribution in [2.45, 2.75) is 13.8 Å². The summed E-state index contributed by atoms with van der Waals surface area (Å²) in [5.41, 5.74) is 1.75. The molecule has 0 aromatic heterocycles. The summed E-state index contributed by atoms with van der Waals surface area (Å²) in [6.07, 6.45) is 0. The van der Waals surface area contributed by atoms with Gasteiger partial charge in [0.15, 0.2) is 0 Å². The molecule has 1 aromatic rings. The minimum Gasteiger partial charge on any atom is -0.462 e. The van der Waals surface area contributed by atoms with Gasteiger partial charge in [0.05, 0.1) is 30.1 Å². The first kappa shape index (κ1) is 16.0. The van der Waals surface area contributed by atoms with E-state index in [0.717, 1.165) is 5.69 Å². The van der Waals surface area contributed by atoms with E-state index in [1.54, 1.807) is 32.2 Å². The lowest BCUT2D eigenvalue weighted by Crippen LogP contribution is -2.25. The number of likely N-dealkylation sites (N-methyl/N-ethyl adjacent to an activating group) is 1. The number of nitrogens with one attached hydrogen (secondary N) is 3. The van der Waals surface area contributed by atoms with E-state index in [0.29, 0.717) is 24.4 Å². The fraction of sp³-hybridized carbons (Fsp3) is 0.429. The second-order valence-corrected chi connectivity index (χ2v) is 4.09. The van der Waals surface area contributed by atoms with E-state index in [4.69, 9.17) is 4.74 Å². The summed E-state index contributed by atoms with van der Waals surface area (Å²) in [6, 6.07) is 5.04.